The van der Waals surface area contributed by atoms with E-state index in [4.69, 9.17) is 5.73 Å². The molecule has 1 unspecified atom stereocenters. The fourth-order valence-corrected chi connectivity index (χ4v) is 2.41. The highest BCUT2D eigenvalue weighted by molar-refractivity contribution is 5.91. The Kier molecular flexibility index (Phi) is 4.11. The maximum Gasteiger partial charge on any atom is 0.326 e. The van der Waals surface area contributed by atoms with Crippen LogP contribution in [0.15, 0.2) is 24.3 Å². The lowest BCUT2D eigenvalue weighted by Crippen LogP contribution is -2.44. The van der Waals surface area contributed by atoms with E-state index in [1.54, 1.807) is 12.1 Å². The number of carboxylic acids is 1. The van der Waals surface area contributed by atoms with Gasteiger partial charge in [0.25, 0.3) is 0 Å². The number of nitrogens with zero attached hydrogens (tertiary/aromatic N) is 1. The third-order valence-corrected chi connectivity index (χ3v) is 3.59. The maximum absolute atomic E-state index is 11.9. The predicted molar refractivity (Wildman–Crippen MR) is 72.2 cm³/mol. The van der Waals surface area contributed by atoms with Crippen LogP contribution >= 0.6 is 0 Å². The Balaban J connectivity index is 2.16. The number of benzene rings is 1. The number of phenolic OH excluding ortho intramolecular Hbond substituents is 1. The Labute approximate surface area is 121 Å². The third-order valence-electron chi connectivity index (χ3n) is 3.59. The number of amides is 2. The van der Waals surface area contributed by atoms with E-state index in [0.717, 1.165) is 0 Å². The molecule has 0 bridgehead atoms. The fraction of sp³-hybridized carbons (Fsp3) is 0.357. The van der Waals surface area contributed by atoms with Gasteiger partial charge in [0.1, 0.15) is 11.8 Å². The van der Waals surface area contributed by atoms with Gasteiger partial charge in [-0.05, 0) is 17.7 Å². The van der Waals surface area contributed by atoms with Crippen LogP contribution in [0.1, 0.15) is 12.0 Å². The number of carbonyl (C=O) groups is 3. The first-order valence-electron chi connectivity index (χ1n) is 6.48. The minimum atomic E-state index is -1.14. The number of hydrogen-bond acceptors (Lipinski definition) is 4. The van der Waals surface area contributed by atoms with Crippen LogP contribution in [0.3, 0.4) is 0 Å². The van der Waals surface area contributed by atoms with Gasteiger partial charge in [-0.25, -0.2) is 4.79 Å². The minimum absolute atomic E-state index is 0.0310. The largest absolute Gasteiger partial charge is 0.508 e. The number of aromatic hydroxyl groups is 1. The summed E-state index contributed by atoms with van der Waals surface area (Å²) in [5, 5.41) is 18.5. The molecule has 2 atom stereocenters. The molecule has 1 fully saturated rings. The van der Waals surface area contributed by atoms with Gasteiger partial charge in [0.15, 0.2) is 0 Å². The second kappa shape index (κ2) is 5.82. The number of carboxylic acid groups (broad SMARTS) is 1. The zero-order valence-corrected chi connectivity index (χ0v) is 11.2. The normalized spacial score (nSPS) is 19.5. The van der Waals surface area contributed by atoms with Gasteiger partial charge >= 0.3 is 5.97 Å². The molecule has 2 rings (SSSR count). The molecule has 0 radical (unpaired) electrons. The number of likely N-dealkylation sites (tertiary alicyclic amines) is 1. The topological polar surface area (TPSA) is 121 Å². The summed E-state index contributed by atoms with van der Waals surface area (Å²) in [6.07, 6.45) is 0.0571. The van der Waals surface area contributed by atoms with Crippen molar-refractivity contribution in [3.63, 3.8) is 0 Å². The van der Waals surface area contributed by atoms with E-state index in [2.05, 4.69) is 0 Å². The first kappa shape index (κ1) is 14.8. The molecule has 2 amide bonds. The number of rotatable bonds is 5. The fourth-order valence-electron chi connectivity index (χ4n) is 2.41. The lowest BCUT2D eigenvalue weighted by atomic mass is 10.0. The number of nitrogens with two attached hydrogens (primary N) is 1. The standard InChI is InChI=1S/C14H16N2O5/c15-13(19)9-6-12(18)16(7-9)11(14(20)21)5-8-1-3-10(17)4-2-8/h1-4,9,11,17H,5-7H2,(H2,15,19)(H,20,21)/t9?,11-/m0/s1. The molecule has 1 heterocycles. The van der Waals surface area contributed by atoms with Gasteiger partial charge in [0.05, 0.1) is 5.92 Å². The van der Waals surface area contributed by atoms with Crippen molar-refractivity contribution >= 4 is 17.8 Å². The SMILES string of the molecule is NC(=O)C1CC(=O)N([C@@H](Cc2ccc(O)cc2)C(=O)O)C1. The second-order valence-electron chi connectivity index (χ2n) is 5.07. The van der Waals surface area contributed by atoms with Crippen molar-refractivity contribution < 1.29 is 24.6 Å². The van der Waals surface area contributed by atoms with Crippen LogP contribution in [-0.4, -0.2) is 45.5 Å². The molecule has 1 aliphatic rings. The molecule has 0 aliphatic carbocycles. The highest BCUT2D eigenvalue weighted by Gasteiger charge is 2.39. The van der Waals surface area contributed by atoms with Crippen LogP contribution in [0.2, 0.25) is 0 Å². The zero-order chi connectivity index (χ0) is 15.6. The molecule has 1 aromatic rings. The second-order valence-corrected chi connectivity index (χ2v) is 5.07. The number of primary amides is 1. The molecule has 1 aromatic carbocycles. The highest BCUT2D eigenvalue weighted by Crippen LogP contribution is 2.22. The van der Waals surface area contributed by atoms with Crippen molar-refractivity contribution in [3.05, 3.63) is 29.8 Å². The van der Waals surface area contributed by atoms with Crippen LogP contribution in [0.4, 0.5) is 0 Å². The van der Waals surface area contributed by atoms with Crippen LogP contribution in [0.25, 0.3) is 0 Å². The van der Waals surface area contributed by atoms with Gasteiger partial charge in [-0.2, -0.15) is 0 Å². The molecular formula is C14H16N2O5. The van der Waals surface area contributed by atoms with Gasteiger partial charge in [-0.3, -0.25) is 9.59 Å². The Morgan fingerprint density at radius 1 is 1.33 bits per heavy atom. The summed E-state index contributed by atoms with van der Waals surface area (Å²) in [6.45, 7) is 0.0310. The lowest BCUT2D eigenvalue weighted by molar-refractivity contribution is -0.148. The molecule has 1 aliphatic heterocycles. The number of phenols is 1. The van der Waals surface area contributed by atoms with Gasteiger partial charge in [-0.15, -0.1) is 0 Å². The molecule has 21 heavy (non-hydrogen) atoms. The van der Waals surface area contributed by atoms with E-state index < -0.39 is 23.8 Å². The van der Waals surface area contributed by atoms with Crippen LogP contribution < -0.4 is 5.73 Å². The van der Waals surface area contributed by atoms with Gasteiger partial charge in [-0.1, -0.05) is 12.1 Å². The van der Waals surface area contributed by atoms with Crippen LogP contribution in [0.5, 0.6) is 5.75 Å². The molecule has 1 saturated heterocycles. The lowest BCUT2D eigenvalue weighted by Gasteiger charge is -2.24. The van der Waals surface area contributed by atoms with Gasteiger partial charge < -0.3 is 20.8 Å². The summed E-state index contributed by atoms with van der Waals surface area (Å²) in [6, 6.07) is 5.04. The highest BCUT2D eigenvalue weighted by atomic mass is 16.4. The predicted octanol–water partition coefficient (Wildman–Crippen LogP) is -0.278. The molecule has 112 valence electrons. The number of carbonyl (C=O) groups excluding carboxylic acids is 2. The monoisotopic (exact) mass is 292 g/mol. The van der Waals surface area contributed by atoms with E-state index in [-0.39, 0.29) is 31.0 Å². The van der Waals surface area contributed by atoms with Crippen molar-refractivity contribution in [1.29, 1.82) is 0 Å². The van der Waals surface area contributed by atoms with E-state index in [0.29, 0.717) is 5.56 Å². The van der Waals surface area contributed by atoms with E-state index in [9.17, 15) is 24.6 Å². The molecule has 7 heteroatoms. The molecule has 0 aromatic heterocycles. The maximum atomic E-state index is 11.9. The van der Waals surface area contributed by atoms with Crippen LogP contribution in [0, 0.1) is 5.92 Å². The summed E-state index contributed by atoms with van der Waals surface area (Å²) in [5.41, 5.74) is 5.85. The molecular weight excluding hydrogens is 276 g/mol. The van der Waals surface area contributed by atoms with Crippen molar-refractivity contribution in [2.75, 3.05) is 6.54 Å². The van der Waals surface area contributed by atoms with Crippen LogP contribution in [-0.2, 0) is 20.8 Å². The summed E-state index contributed by atoms with van der Waals surface area (Å²) in [7, 11) is 0. The summed E-state index contributed by atoms with van der Waals surface area (Å²) in [5.74, 6) is -2.68. The molecule has 7 nitrogen and oxygen atoms in total. The van der Waals surface area contributed by atoms with E-state index >= 15 is 0 Å². The quantitative estimate of drug-likeness (QED) is 0.689. The Bertz CT molecular complexity index is 569. The molecule has 0 saturated carbocycles. The first-order chi connectivity index (χ1) is 9.88. The zero-order valence-electron chi connectivity index (χ0n) is 11.2. The average molecular weight is 292 g/mol. The summed E-state index contributed by atoms with van der Waals surface area (Å²) in [4.78, 5) is 35.6. The molecule has 0 spiro atoms. The van der Waals surface area contributed by atoms with Crippen molar-refractivity contribution in [1.82, 2.24) is 4.90 Å². The van der Waals surface area contributed by atoms with Crippen molar-refractivity contribution in [3.8, 4) is 5.75 Å². The van der Waals surface area contributed by atoms with Crippen molar-refractivity contribution in [2.24, 2.45) is 11.7 Å². The smallest absolute Gasteiger partial charge is 0.326 e. The Hall–Kier alpha value is -2.57. The third kappa shape index (κ3) is 3.31. The Morgan fingerprint density at radius 2 is 1.95 bits per heavy atom. The van der Waals surface area contributed by atoms with Gasteiger partial charge in [0, 0.05) is 19.4 Å². The molecule has 4 N–H and O–H groups in total. The van der Waals surface area contributed by atoms with E-state index in [1.807, 2.05) is 0 Å². The number of hydrogen-bond donors (Lipinski definition) is 3. The van der Waals surface area contributed by atoms with Crippen molar-refractivity contribution in [2.45, 2.75) is 18.9 Å². The average Bonchev–Trinajstić information content (AvgIpc) is 2.80. The summed E-state index contributed by atoms with van der Waals surface area (Å²) < 4.78 is 0. The summed E-state index contributed by atoms with van der Waals surface area (Å²) >= 11 is 0. The van der Waals surface area contributed by atoms with Gasteiger partial charge in [0.2, 0.25) is 11.8 Å². The first-order valence-corrected chi connectivity index (χ1v) is 6.48. The Morgan fingerprint density at radius 3 is 2.43 bits per heavy atom. The van der Waals surface area contributed by atoms with E-state index in [1.165, 1.54) is 17.0 Å². The minimum Gasteiger partial charge on any atom is -0.508 e. The number of aliphatic carboxylic acids is 1.